The maximum absolute atomic E-state index is 13.1. The topological polar surface area (TPSA) is 97.5 Å². The second-order valence-electron chi connectivity index (χ2n) is 3.47. The third kappa shape index (κ3) is 2.48. The first-order chi connectivity index (χ1) is 8.61. The Morgan fingerprint density at radius 1 is 1.50 bits per heavy atom. The average molecular weight is 315 g/mol. The third-order valence-corrected chi connectivity index (χ3v) is 2.87. The fraction of sp³-hybridized carbons (Fsp3) is 0.100. The van der Waals surface area contributed by atoms with Crippen molar-refractivity contribution in [2.24, 2.45) is 5.16 Å². The first kappa shape index (κ1) is 12.5. The van der Waals surface area contributed by atoms with Crippen LogP contribution in [0.15, 0.2) is 32.5 Å². The van der Waals surface area contributed by atoms with E-state index in [1.807, 2.05) is 0 Å². The predicted octanol–water partition coefficient (Wildman–Crippen LogP) is 1.97. The minimum atomic E-state index is -0.371. The maximum atomic E-state index is 13.1. The summed E-state index contributed by atoms with van der Waals surface area (Å²) in [5.41, 5.74) is 6.57. The molecule has 1 aromatic carbocycles. The zero-order valence-electron chi connectivity index (χ0n) is 8.97. The Hall–Kier alpha value is -1.96. The lowest BCUT2D eigenvalue weighted by atomic mass is 10.1. The van der Waals surface area contributed by atoms with Crippen LogP contribution in [0.2, 0.25) is 0 Å². The molecule has 2 rings (SSSR count). The molecule has 3 N–H and O–H groups in total. The van der Waals surface area contributed by atoms with Gasteiger partial charge in [-0.15, -0.1) is 0 Å². The van der Waals surface area contributed by atoms with E-state index in [-0.39, 0.29) is 29.5 Å². The van der Waals surface area contributed by atoms with Gasteiger partial charge in [0.15, 0.2) is 11.5 Å². The Morgan fingerprint density at radius 3 is 2.83 bits per heavy atom. The largest absolute Gasteiger partial charge is 0.411 e. The molecular weight excluding hydrogens is 307 g/mol. The second kappa shape index (κ2) is 5.13. The summed E-state index contributed by atoms with van der Waals surface area (Å²) in [5, 5.41) is 19.0. The van der Waals surface area contributed by atoms with Gasteiger partial charge >= 0.3 is 0 Å². The molecule has 1 heterocycles. The Labute approximate surface area is 109 Å². The fourth-order valence-corrected chi connectivity index (χ4v) is 1.83. The molecule has 0 atom stereocenters. The van der Waals surface area contributed by atoms with Crippen LogP contribution in [0.1, 0.15) is 11.3 Å². The highest BCUT2D eigenvalue weighted by Crippen LogP contribution is 2.19. The van der Waals surface area contributed by atoms with Gasteiger partial charge < -0.3 is 10.9 Å². The van der Waals surface area contributed by atoms with Crippen LogP contribution in [0.4, 0.5) is 10.2 Å². The number of anilines is 1. The normalized spacial score (nSPS) is 11.8. The molecule has 8 heteroatoms. The van der Waals surface area contributed by atoms with Crippen molar-refractivity contribution in [3.8, 4) is 0 Å². The van der Waals surface area contributed by atoms with Crippen LogP contribution in [0.25, 0.3) is 0 Å². The van der Waals surface area contributed by atoms with E-state index in [1.165, 1.54) is 6.07 Å². The first-order valence-electron chi connectivity index (χ1n) is 4.85. The Kier molecular flexibility index (Phi) is 3.56. The van der Waals surface area contributed by atoms with Gasteiger partial charge in [-0.3, -0.25) is 0 Å². The van der Waals surface area contributed by atoms with Crippen molar-refractivity contribution in [2.45, 2.75) is 6.42 Å². The van der Waals surface area contributed by atoms with Crippen molar-refractivity contribution in [3.05, 3.63) is 39.7 Å². The van der Waals surface area contributed by atoms with Gasteiger partial charge in [-0.2, -0.15) is 0 Å². The fourth-order valence-electron chi connectivity index (χ4n) is 1.41. The number of rotatable bonds is 3. The van der Waals surface area contributed by atoms with Crippen LogP contribution in [0.3, 0.4) is 0 Å². The number of nitrogens with zero attached hydrogens (tertiary/aromatic N) is 3. The van der Waals surface area contributed by atoms with E-state index in [0.29, 0.717) is 4.47 Å². The maximum Gasteiger partial charge on any atom is 0.197 e. The molecule has 0 aliphatic rings. The monoisotopic (exact) mass is 314 g/mol. The van der Waals surface area contributed by atoms with Crippen LogP contribution >= 0.6 is 15.9 Å². The van der Waals surface area contributed by atoms with Crippen LogP contribution < -0.4 is 5.73 Å². The van der Waals surface area contributed by atoms with Gasteiger partial charge in [0.05, 0.1) is 4.47 Å². The molecule has 6 nitrogen and oxygen atoms in total. The molecular formula is C10H8BrFN4O2. The smallest absolute Gasteiger partial charge is 0.197 e. The van der Waals surface area contributed by atoms with Crippen LogP contribution in [-0.4, -0.2) is 21.2 Å². The number of nitrogen functional groups attached to an aromatic ring is 1. The summed E-state index contributed by atoms with van der Waals surface area (Å²) in [4.78, 5) is 0. The number of benzene rings is 1. The second-order valence-corrected chi connectivity index (χ2v) is 4.32. The van der Waals surface area contributed by atoms with E-state index >= 15 is 0 Å². The van der Waals surface area contributed by atoms with Crippen LogP contribution in [0, 0.1) is 5.82 Å². The van der Waals surface area contributed by atoms with Gasteiger partial charge in [0, 0.05) is 6.42 Å². The van der Waals surface area contributed by atoms with E-state index in [1.54, 1.807) is 12.1 Å². The minimum Gasteiger partial charge on any atom is -0.411 e. The lowest BCUT2D eigenvalue weighted by molar-refractivity contribution is 0.304. The summed E-state index contributed by atoms with van der Waals surface area (Å²) in [5.74, 6) is -0.340. The summed E-state index contributed by atoms with van der Waals surface area (Å²) in [6.45, 7) is 0. The van der Waals surface area contributed by atoms with Gasteiger partial charge in [0.25, 0.3) is 0 Å². The van der Waals surface area contributed by atoms with E-state index in [4.69, 9.17) is 10.9 Å². The molecule has 94 valence electrons. The van der Waals surface area contributed by atoms with Crippen LogP contribution in [0.5, 0.6) is 0 Å². The molecule has 0 unspecified atom stereocenters. The van der Waals surface area contributed by atoms with E-state index in [2.05, 4.69) is 36.0 Å². The van der Waals surface area contributed by atoms with Crippen molar-refractivity contribution < 1.29 is 14.2 Å². The lowest BCUT2D eigenvalue weighted by Crippen LogP contribution is -2.09. The van der Waals surface area contributed by atoms with Gasteiger partial charge in [0.1, 0.15) is 11.5 Å². The highest BCUT2D eigenvalue weighted by atomic mass is 79.9. The molecule has 0 saturated heterocycles. The summed E-state index contributed by atoms with van der Waals surface area (Å²) in [7, 11) is 0. The zero-order chi connectivity index (χ0) is 13.1. The number of halogens is 2. The van der Waals surface area contributed by atoms with Crippen molar-refractivity contribution in [2.75, 3.05) is 5.73 Å². The van der Waals surface area contributed by atoms with E-state index < -0.39 is 0 Å². The number of oxime groups is 1. The number of aromatic nitrogens is 2. The van der Waals surface area contributed by atoms with Gasteiger partial charge in [0.2, 0.25) is 0 Å². The molecule has 0 saturated carbocycles. The van der Waals surface area contributed by atoms with Gasteiger partial charge in [-0.1, -0.05) is 11.2 Å². The molecule has 0 fully saturated rings. The van der Waals surface area contributed by atoms with Crippen molar-refractivity contribution >= 4 is 27.5 Å². The number of hydrogen-bond donors (Lipinski definition) is 2. The summed E-state index contributed by atoms with van der Waals surface area (Å²) in [6.07, 6.45) is 0.216. The quantitative estimate of drug-likeness (QED) is 0.513. The number of hydrogen-bond acceptors (Lipinski definition) is 6. The minimum absolute atomic E-state index is 0.0315. The summed E-state index contributed by atoms with van der Waals surface area (Å²) in [6, 6.07) is 4.44. The van der Waals surface area contributed by atoms with E-state index in [0.717, 1.165) is 5.56 Å². The molecule has 1 aromatic heterocycles. The SMILES string of the molecule is Nc1nonc1/C(Cc1ccc(F)c(Br)c1)=N/O. The molecule has 2 aromatic rings. The molecule has 0 aliphatic heterocycles. The predicted molar refractivity (Wildman–Crippen MR) is 64.8 cm³/mol. The first-order valence-corrected chi connectivity index (χ1v) is 5.64. The third-order valence-electron chi connectivity index (χ3n) is 2.26. The Bertz CT molecular complexity index is 599. The summed E-state index contributed by atoms with van der Waals surface area (Å²) >= 11 is 3.07. The van der Waals surface area contributed by atoms with Crippen molar-refractivity contribution in [1.29, 1.82) is 0 Å². The molecule has 0 spiro atoms. The average Bonchev–Trinajstić information content (AvgIpc) is 2.77. The number of nitrogens with two attached hydrogens (primary N) is 1. The van der Waals surface area contributed by atoms with Crippen molar-refractivity contribution in [3.63, 3.8) is 0 Å². The Balaban J connectivity index is 2.27. The van der Waals surface area contributed by atoms with Gasteiger partial charge in [-0.05, 0) is 43.9 Å². The zero-order valence-corrected chi connectivity index (χ0v) is 10.6. The van der Waals surface area contributed by atoms with Crippen LogP contribution in [-0.2, 0) is 6.42 Å². The summed E-state index contributed by atoms with van der Waals surface area (Å²) < 4.78 is 17.8. The molecule has 0 aliphatic carbocycles. The van der Waals surface area contributed by atoms with Crippen molar-refractivity contribution in [1.82, 2.24) is 10.3 Å². The van der Waals surface area contributed by atoms with Gasteiger partial charge in [-0.25, -0.2) is 9.02 Å². The molecule has 0 radical (unpaired) electrons. The van der Waals surface area contributed by atoms with E-state index in [9.17, 15) is 4.39 Å². The molecule has 0 bridgehead atoms. The Morgan fingerprint density at radius 2 is 2.28 bits per heavy atom. The standard InChI is InChI=1S/C10H8BrFN4O2/c11-6-3-5(1-2-7(6)12)4-8(14-17)9-10(13)16-18-15-9/h1-3,17H,4H2,(H2,13,16)/b14-8+. The highest BCUT2D eigenvalue weighted by Gasteiger charge is 2.15. The molecule has 18 heavy (non-hydrogen) atoms. The highest BCUT2D eigenvalue weighted by molar-refractivity contribution is 9.10. The molecule has 0 amide bonds. The lowest BCUT2D eigenvalue weighted by Gasteiger charge is -2.03.